The van der Waals surface area contributed by atoms with E-state index in [2.05, 4.69) is 31.0 Å². The fourth-order valence-electron chi connectivity index (χ4n) is 4.91. The van der Waals surface area contributed by atoms with Crippen molar-refractivity contribution in [3.8, 4) is 23.1 Å². The summed E-state index contributed by atoms with van der Waals surface area (Å²) in [5, 5.41) is 15.0. The molecule has 1 aliphatic rings. The Hall–Kier alpha value is -3.81. The van der Waals surface area contributed by atoms with E-state index in [1.54, 1.807) is 12.3 Å². The Morgan fingerprint density at radius 3 is 2.86 bits per heavy atom. The van der Waals surface area contributed by atoms with Gasteiger partial charge in [0.05, 0.1) is 30.4 Å². The molecule has 4 aromatic rings. The van der Waals surface area contributed by atoms with Crippen LogP contribution in [-0.4, -0.2) is 74.4 Å². The highest BCUT2D eigenvalue weighted by Crippen LogP contribution is 2.28. The molecule has 0 spiro atoms. The number of aromatic nitrogens is 5. The lowest BCUT2D eigenvalue weighted by Crippen LogP contribution is -2.41. The van der Waals surface area contributed by atoms with Gasteiger partial charge in [0.15, 0.2) is 0 Å². The van der Waals surface area contributed by atoms with Crippen LogP contribution in [0, 0.1) is 17.1 Å². The second-order valence-corrected chi connectivity index (χ2v) is 9.79. The first kappa shape index (κ1) is 24.9. The zero-order valence-electron chi connectivity index (χ0n) is 21.1. The van der Waals surface area contributed by atoms with Gasteiger partial charge < -0.3 is 19.5 Å². The number of piperidine rings is 1. The number of H-pyrrole nitrogens is 1. The quantitative estimate of drug-likeness (QED) is 0.369. The van der Waals surface area contributed by atoms with Crippen LogP contribution in [0.25, 0.3) is 22.3 Å². The molecule has 0 saturated carbocycles. The van der Waals surface area contributed by atoms with Crippen molar-refractivity contribution < 1.29 is 9.13 Å². The van der Waals surface area contributed by atoms with Gasteiger partial charge in [-0.3, -0.25) is 4.68 Å². The lowest BCUT2D eigenvalue weighted by atomic mass is 10.1. The van der Waals surface area contributed by atoms with Crippen LogP contribution < -0.4 is 4.74 Å². The minimum Gasteiger partial charge on any atom is -0.490 e. The molecule has 0 bridgehead atoms. The number of nitriles is 1. The predicted octanol–water partition coefficient (Wildman–Crippen LogP) is 4.02. The van der Waals surface area contributed by atoms with Gasteiger partial charge in [-0.15, -0.1) is 0 Å². The fraction of sp³-hybridized carbons (Fsp3) is 0.407. The zero-order chi connectivity index (χ0) is 25.8. The van der Waals surface area contributed by atoms with Crippen molar-refractivity contribution in [2.45, 2.75) is 38.0 Å². The van der Waals surface area contributed by atoms with Crippen LogP contribution in [0.4, 0.5) is 4.39 Å². The van der Waals surface area contributed by atoms with Crippen molar-refractivity contribution >= 4 is 11.0 Å². The first-order valence-electron chi connectivity index (χ1n) is 12.5. The highest BCUT2D eigenvalue weighted by molar-refractivity contribution is 5.89. The van der Waals surface area contributed by atoms with E-state index in [-0.39, 0.29) is 18.0 Å². The Bertz CT molecular complexity index is 1380. The van der Waals surface area contributed by atoms with E-state index < -0.39 is 0 Å². The van der Waals surface area contributed by atoms with Crippen LogP contribution in [-0.2, 0) is 6.54 Å². The Morgan fingerprint density at radius 2 is 2.08 bits per heavy atom. The first-order valence-corrected chi connectivity index (χ1v) is 12.5. The van der Waals surface area contributed by atoms with Gasteiger partial charge in [-0.05, 0) is 39.1 Å². The number of benzene rings is 1. The molecule has 0 amide bonds. The van der Waals surface area contributed by atoms with E-state index in [1.165, 1.54) is 18.5 Å². The van der Waals surface area contributed by atoms with Crippen molar-refractivity contribution in [2.24, 2.45) is 0 Å². The summed E-state index contributed by atoms with van der Waals surface area (Å²) in [5.74, 6) is 0.340. The SMILES string of the molecule is CN(C)Cc1ccc(F)cc1OC1CCN(CC(CC#N)n2cc(-c3ncnc4[nH]ccc34)cn2)CC1. The molecule has 1 aromatic carbocycles. The van der Waals surface area contributed by atoms with Crippen LogP contribution in [0.2, 0.25) is 0 Å². The number of hydrogen-bond acceptors (Lipinski definition) is 7. The van der Waals surface area contributed by atoms with Gasteiger partial charge in [0.25, 0.3) is 0 Å². The van der Waals surface area contributed by atoms with E-state index in [0.717, 1.165) is 60.3 Å². The maximum Gasteiger partial charge on any atom is 0.141 e. The Labute approximate surface area is 215 Å². The van der Waals surface area contributed by atoms with Gasteiger partial charge in [0.2, 0.25) is 0 Å². The van der Waals surface area contributed by atoms with E-state index in [9.17, 15) is 9.65 Å². The molecular weight excluding hydrogens is 471 g/mol. The summed E-state index contributed by atoms with van der Waals surface area (Å²) in [7, 11) is 3.97. The number of nitrogens with zero attached hydrogens (tertiary/aromatic N) is 7. The maximum absolute atomic E-state index is 13.9. The molecule has 0 aliphatic carbocycles. The molecule has 37 heavy (non-hydrogen) atoms. The van der Waals surface area contributed by atoms with Gasteiger partial charge in [-0.1, -0.05) is 6.07 Å². The zero-order valence-corrected chi connectivity index (χ0v) is 21.1. The molecule has 1 aliphatic heterocycles. The van der Waals surface area contributed by atoms with E-state index in [4.69, 9.17) is 4.74 Å². The molecule has 1 saturated heterocycles. The third-order valence-electron chi connectivity index (χ3n) is 6.74. The molecule has 1 N–H and O–H groups in total. The highest BCUT2D eigenvalue weighted by atomic mass is 19.1. The minimum absolute atomic E-state index is 0.0335. The summed E-state index contributed by atoms with van der Waals surface area (Å²) in [5.41, 5.74) is 3.48. The molecular formula is C27H31FN8O. The summed E-state index contributed by atoms with van der Waals surface area (Å²) in [6, 6.07) is 8.96. The Morgan fingerprint density at radius 1 is 1.24 bits per heavy atom. The van der Waals surface area contributed by atoms with Gasteiger partial charge >= 0.3 is 0 Å². The lowest BCUT2D eigenvalue weighted by molar-refractivity contribution is 0.0897. The molecule has 10 heteroatoms. The van der Waals surface area contributed by atoms with Crippen molar-refractivity contribution in [2.75, 3.05) is 33.7 Å². The third-order valence-corrected chi connectivity index (χ3v) is 6.74. The third kappa shape index (κ3) is 5.79. The molecule has 1 atom stereocenters. The topological polar surface area (TPSA) is 98.9 Å². The van der Waals surface area contributed by atoms with Gasteiger partial charge in [-0.25, -0.2) is 14.4 Å². The van der Waals surface area contributed by atoms with E-state index in [0.29, 0.717) is 18.7 Å². The number of hydrogen-bond donors (Lipinski definition) is 1. The van der Waals surface area contributed by atoms with Crippen LogP contribution in [0.5, 0.6) is 5.75 Å². The number of ether oxygens (including phenoxy) is 1. The van der Waals surface area contributed by atoms with Crippen molar-refractivity contribution in [3.05, 3.63) is 60.6 Å². The van der Waals surface area contributed by atoms with Crippen LogP contribution >= 0.6 is 0 Å². The number of rotatable bonds is 9. The lowest BCUT2D eigenvalue weighted by Gasteiger charge is -2.34. The number of fused-ring (bicyclic) bond motifs is 1. The van der Waals surface area contributed by atoms with Crippen molar-refractivity contribution in [1.82, 2.24) is 34.5 Å². The standard InChI is InChI=1S/C27H31FN8O/c1-34(2)15-19-3-4-21(28)13-25(19)37-23-7-11-35(12-8-23)17-22(5-9-29)36-16-20(14-33-36)26-24-6-10-30-27(24)32-18-31-26/h3-4,6,10,13-14,16,18,22-23H,5,7-8,11-12,15,17H2,1-2H3,(H,30,31,32). The molecule has 0 radical (unpaired) electrons. The van der Waals surface area contributed by atoms with Crippen molar-refractivity contribution in [1.29, 1.82) is 5.26 Å². The van der Waals surface area contributed by atoms with Crippen LogP contribution in [0.1, 0.15) is 30.9 Å². The Kier molecular flexibility index (Phi) is 7.44. The molecule has 3 aromatic heterocycles. The van der Waals surface area contributed by atoms with E-state index in [1.807, 2.05) is 42.1 Å². The molecule has 4 heterocycles. The predicted molar refractivity (Wildman–Crippen MR) is 138 cm³/mol. The summed E-state index contributed by atoms with van der Waals surface area (Å²) >= 11 is 0. The second kappa shape index (κ2) is 11.1. The maximum atomic E-state index is 13.9. The molecule has 5 rings (SSSR count). The summed E-state index contributed by atoms with van der Waals surface area (Å²) in [6.45, 7) is 3.10. The van der Waals surface area contributed by atoms with Gasteiger partial charge in [0, 0.05) is 61.2 Å². The average molecular weight is 503 g/mol. The van der Waals surface area contributed by atoms with Gasteiger partial charge in [0.1, 0.15) is 29.6 Å². The summed E-state index contributed by atoms with van der Waals surface area (Å²) < 4.78 is 22.0. The number of likely N-dealkylation sites (tertiary alicyclic amines) is 1. The molecule has 1 fully saturated rings. The van der Waals surface area contributed by atoms with Crippen molar-refractivity contribution in [3.63, 3.8) is 0 Å². The fourth-order valence-corrected chi connectivity index (χ4v) is 4.91. The largest absolute Gasteiger partial charge is 0.490 e. The van der Waals surface area contributed by atoms with Crippen LogP contribution in [0.15, 0.2) is 49.2 Å². The number of nitrogens with one attached hydrogen (secondary N) is 1. The molecule has 192 valence electrons. The second-order valence-electron chi connectivity index (χ2n) is 9.79. The molecule has 1 unspecified atom stereocenters. The summed E-state index contributed by atoms with van der Waals surface area (Å²) in [6.07, 6.45) is 9.21. The number of halogens is 1. The number of aromatic amines is 1. The van der Waals surface area contributed by atoms with Gasteiger partial charge in [-0.2, -0.15) is 10.4 Å². The normalized spacial score (nSPS) is 15.8. The monoisotopic (exact) mass is 502 g/mol. The van der Waals surface area contributed by atoms with Crippen LogP contribution in [0.3, 0.4) is 0 Å². The minimum atomic E-state index is -0.285. The summed E-state index contributed by atoms with van der Waals surface area (Å²) in [4.78, 5) is 16.2. The highest BCUT2D eigenvalue weighted by Gasteiger charge is 2.25. The average Bonchev–Trinajstić information content (AvgIpc) is 3.56. The van der Waals surface area contributed by atoms with E-state index >= 15 is 0 Å². The molecule has 9 nitrogen and oxygen atoms in total. The smallest absolute Gasteiger partial charge is 0.141 e. The Balaban J connectivity index is 1.22. The first-order chi connectivity index (χ1) is 18.0.